The van der Waals surface area contributed by atoms with Crippen LogP contribution in [0.4, 0.5) is 5.82 Å². The van der Waals surface area contributed by atoms with Crippen molar-refractivity contribution in [3.8, 4) is 0 Å². The maximum atomic E-state index is 9.88. The molecular weight excluding hydrogens is 280 g/mol. The monoisotopic (exact) mass is 298 g/mol. The number of anilines is 1. The van der Waals surface area contributed by atoms with E-state index >= 15 is 0 Å². The van der Waals surface area contributed by atoms with Crippen LogP contribution in [0.3, 0.4) is 0 Å². The van der Waals surface area contributed by atoms with Gasteiger partial charge < -0.3 is 10.4 Å². The van der Waals surface area contributed by atoms with Crippen molar-refractivity contribution in [1.82, 2.24) is 4.98 Å². The van der Waals surface area contributed by atoms with E-state index in [0.717, 1.165) is 36.1 Å². The molecule has 17 heavy (non-hydrogen) atoms. The number of aliphatic hydroxyl groups is 1. The van der Waals surface area contributed by atoms with Gasteiger partial charge in [-0.1, -0.05) is 12.8 Å². The zero-order valence-electron chi connectivity index (χ0n) is 10.1. The topological polar surface area (TPSA) is 45.1 Å². The number of aryl methyl sites for hydroxylation is 1. The van der Waals surface area contributed by atoms with Crippen LogP contribution in [0.5, 0.6) is 0 Å². The Labute approximate surface area is 111 Å². The van der Waals surface area contributed by atoms with Crippen molar-refractivity contribution in [2.75, 3.05) is 11.9 Å². The van der Waals surface area contributed by atoms with E-state index in [1.54, 1.807) is 0 Å². The van der Waals surface area contributed by atoms with E-state index in [1.165, 1.54) is 12.0 Å². The van der Waals surface area contributed by atoms with E-state index in [2.05, 4.69) is 26.2 Å². The molecule has 94 valence electrons. The van der Waals surface area contributed by atoms with Crippen molar-refractivity contribution < 1.29 is 5.11 Å². The Bertz CT molecular complexity index is 384. The van der Waals surface area contributed by atoms with Gasteiger partial charge in [-0.05, 0) is 47.3 Å². The van der Waals surface area contributed by atoms with Crippen LogP contribution in [0, 0.1) is 12.8 Å². The highest BCUT2D eigenvalue weighted by Crippen LogP contribution is 2.25. The summed E-state index contributed by atoms with van der Waals surface area (Å²) in [5.74, 6) is 1.26. The van der Waals surface area contributed by atoms with E-state index in [1.807, 2.05) is 19.2 Å². The van der Waals surface area contributed by atoms with Crippen molar-refractivity contribution in [3.05, 3.63) is 22.3 Å². The van der Waals surface area contributed by atoms with Crippen LogP contribution >= 0.6 is 15.9 Å². The first-order valence-electron chi connectivity index (χ1n) is 6.21. The lowest BCUT2D eigenvalue weighted by molar-refractivity contribution is 0.0763. The standard InChI is InChI=1S/C13H19BrN2O/c1-9-6-13(16-8-11(9)14)15-7-10-4-2-3-5-12(10)17/h6,8,10,12,17H,2-5,7H2,1H3,(H,15,16). The molecule has 1 fully saturated rings. The number of nitrogens with zero attached hydrogens (tertiary/aromatic N) is 1. The summed E-state index contributed by atoms with van der Waals surface area (Å²) in [5, 5.41) is 13.2. The SMILES string of the molecule is Cc1cc(NCC2CCCCC2O)ncc1Br. The van der Waals surface area contributed by atoms with Crippen LogP contribution in [-0.2, 0) is 0 Å². The molecule has 0 radical (unpaired) electrons. The lowest BCUT2D eigenvalue weighted by Crippen LogP contribution is -2.30. The summed E-state index contributed by atoms with van der Waals surface area (Å²) in [4.78, 5) is 4.31. The molecule has 1 heterocycles. The molecule has 0 bridgehead atoms. The number of nitrogens with one attached hydrogen (secondary N) is 1. The Morgan fingerprint density at radius 3 is 2.94 bits per heavy atom. The maximum Gasteiger partial charge on any atom is 0.126 e. The molecule has 2 atom stereocenters. The second kappa shape index (κ2) is 5.83. The average Bonchev–Trinajstić information content (AvgIpc) is 2.32. The highest BCUT2D eigenvalue weighted by atomic mass is 79.9. The second-order valence-corrected chi connectivity index (χ2v) is 5.67. The number of aromatic nitrogens is 1. The van der Waals surface area contributed by atoms with Gasteiger partial charge >= 0.3 is 0 Å². The van der Waals surface area contributed by atoms with Crippen molar-refractivity contribution in [1.29, 1.82) is 0 Å². The largest absolute Gasteiger partial charge is 0.393 e. The van der Waals surface area contributed by atoms with Gasteiger partial charge in [-0.15, -0.1) is 0 Å². The zero-order chi connectivity index (χ0) is 12.3. The van der Waals surface area contributed by atoms with Gasteiger partial charge in [-0.2, -0.15) is 0 Å². The quantitative estimate of drug-likeness (QED) is 0.901. The molecular formula is C13H19BrN2O. The van der Waals surface area contributed by atoms with Gasteiger partial charge in [0.25, 0.3) is 0 Å². The Balaban J connectivity index is 1.90. The molecule has 0 saturated heterocycles. The molecule has 2 rings (SSSR count). The van der Waals surface area contributed by atoms with E-state index in [0.29, 0.717) is 5.92 Å². The van der Waals surface area contributed by atoms with Gasteiger partial charge in [0.05, 0.1) is 6.10 Å². The minimum Gasteiger partial charge on any atom is -0.393 e. The Kier molecular flexibility index (Phi) is 4.40. The van der Waals surface area contributed by atoms with Crippen molar-refractivity contribution >= 4 is 21.7 Å². The summed E-state index contributed by atoms with van der Waals surface area (Å²) in [5.41, 5.74) is 1.17. The molecule has 2 unspecified atom stereocenters. The van der Waals surface area contributed by atoms with Gasteiger partial charge in [0, 0.05) is 23.1 Å². The van der Waals surface area contributed by atoms with Crippen molar-refractivity contribution in [3.63, 3.8) is 0 Å². The Morgan fingerprint density at radius 2 is 2.24 bits per heavy atom. The highest BCUT2D eigenvalue weighted by Gasteiger charge is 2.22. The molecule has 1 aliphatic rings. The number of pyridine rings is 1. The van der Waals surface area contributed by atoms with Gasteiger partial charge in [-0.3, -0.25) is 0 Å². The number of hydrogen-bond donors (Lipinski definition) is 2. The lowest BCUT2D eigenvalue weighted by Gasteiger charge is -2.27. The van der Waals surface area contributed by atoms with Gasteiger partial charge in [-0.25, -0.2) is 4.98 Å². The zero-order valence-corrected chi connectivity index (χ0v) is 11.7. The average molecular weight is 299 g/mol. The molecule has 1 aromatic heterocycles. The fourth-order valence-corrected chi connectivity index (χ4v) is 2.51. The van der Waals surface area contributed by atoms with Crippen molar-refractivity contribution in [2.24, 2.45) is 5.92 Å². The first-order chi connectivity index (χ1) is 8.16. The van der Waals surface area contributed by atoms with Crippen molar-refractivity contribution in [2.45, 2.75) is 38.7 Å². The highest BCUT2D eigenvalue weighted by molar-refractivity contribution is 9.10. The number of halogens is 1. The molecule has 0 aliphatic heterocycles. The molecule has 0 spiro atoms. The van der Waals surface area contributed by atoms with Gasteiger partial charge in [0.1, 0.15) is 5.82 Å². The number of rotatable bonds is 3. The first-order valence-corrected chi connectivity index (χ1v) is 7.00. The minimum absolute atomic E-state index is 0.146. The predicted octanol–water partition coefficient (Wildman–Crippen LogP) is 3.12. The van der Waals surface area contributed by atoms with E-state index in [4.69, 9.17) is 0 Å². The van der Waals surface area contributed by atoms with Crippen LogP contribution in [-0.4, -0.2) is 22.7 Å². The summed E-state index contributed by atoms with van der Waals surface area (Å²) < 4.78 is 1.03. The molecule has 3 nitrogen and oxygen atoms in total. The van der Waals surface area contributed by atoms with Crippen LogP contribution in [0.2, 0.25) is 0 Å². The van der Waals surface area contributed by atoms with Gasteiger partial charge in [0.2, 0.25) is 0 Å². The summed E-state index contributed by atoms with van der Waals surface area (Å²) >= 11 is 3.44. The summed E-state index contributed by atoms with van der Waals surface area (Å²) in [6, 6.07) is 2.03. The fourth-order valence-electron chi connectivity index (χ4n) is 2.30. The molecule has 1 aliphatic carbocycles. The lowest BCUT2D eigenvalue weighted by atomic mass is 9.86. The van der Waals surface area contributed by atoms with Crippen LogP contribution < -0.4 is 5.32 Å². The van der Waals surface area contributed by atoms with Gasteiger partial charge in [0.15, 0.2) is 0 Å². The third kappa shape index (κ3) is 3.42. The van der Waals surface area contributed by atoms with E-state index < -0.39 is 0 Å². The first kappa shape index (κ1) is 12.8. The Morgan fingerprint density at radius 1 is 1.47 bits per heavy atom. The maximum absolute atomic E-state index is 9.88. The summed E-state index contributed by atoms with van der Waals surface area (Å²) in [6.45, 7) is 2.86. The molecule has 2 N–H and O–H groups in total. The minimum atomic E-state index is -0.146. The van der Waals surface area contributed by atoms with E-state index in [9.17, 15) is 5.11 Å². The van der Waals surface area contributed by atoms with E-state index in [-0.39, 0.29) is 6.10 Å². The molecule has 4 heteroatoms. The Hall–Kier alpha value is -0.610. The predicted molar refractivity (Wildman–Crippen MR) is 73.1 cm³/mol. The molecule has 1 aromatic rings. The number of aliphatic hydroxyl groups excluding tert-OH is 1. The van der Waals surface area contributed by atoms with Crippen LogP contribution in [0.1, 0.15) is 31.2 Å². The second-order valence-electron chi connectivity index (χ2n) is 4.81. The van der Waals surface area contributed by atoms with Crippen LogP contribution in [0.25, 0.3) is 0 Å². The fraction of sp³-hybridized carbons (Fsp3) is 0.615. The normalized spacial score (nSPS) is 24.6. The molecule has 0 aromatic carbocycles. The third-order valence-corrected chi connectivity index (χ3v) is 4.29. The summed E-state index contributed by atoms with van der Waals surface area (Å²) in [7, 11) is 0. The molecule has 1 saturated carbocycles. The van der Waals surface area contributed by atoms with Crippen LogP contribution in [0.15, 0.2) is 16.7 Å². The summed E-state index contributed by atoms with van der Waals surface area (Å²) in [6.07, 6.45) is 6.12. The number of hydrogen-bond acceptors (Lipinski definition) is 3. The smallest absolute Gasteiger partial charge is 0.126 e. The molecule has 0 amide bonds. The third-order valence-electron chi connectivity index (χ3n) is 3.46.